The first-order chi connectivity index (χ1) is 9.95. The van der Waals surface area contributed by atoms with Crippen LogP contribution in [0.3, 0.4) is 0 Å². The lowest BCUT2D eigenvalue weighted by molar-refractivity contribution is 0.730. The third-order valence-corrected chi connectivity index (χ3v) is 4.57. The average Bonchev–Trinajstić information content (AvgIpc) is 2.88. The summed E-state index contributed by atoms with van der Waals surface area (Å²) < 4.78 is 1.89. The van der Waals surface area contributed by atoms with Crippen molar-refractivity contribution in [1.82, 2.24) is 19.7 Å². The normalized spacial score (nSPS) is 11.2. The molecule has 110 valence electrons. The highest BCUT2D eigenvalue weighted by Crippen LogP contribution is 2.29. The van der Waals surface area contributed by atoms with E-state index in [1.165, 1.54) is 10.4 Å². The van der Waals surface area contributed by atoms with Gasteiger partial charge < -0.3 is 11.1 Å². The van der Waals surface area contributed by atoms with Gasteiger partial charge in [0.15, 0.2) is 0 Å². The van der Waals surface area contributed by atoms with E-state index < -0.39 is 0 Å². The minimum absolute atomic E-state index is 0.298. The van der Waals surface area contributed by atoms with E-state index in [0.29, 0.717) is 12.5 Å². The van der Waals surface area contributed by atoms with E-state index in [1.807, 2.05) is 18.7 Å². The number of thiophene rings is 1. The summed E-state index contributed by atoms with van der Waals surface area (Å²) in [5.74, 6) is 1.08. The molecule has 6 nitrogen and oxygen atoms in total. The van der Waals surface area contributed by atoms with Crippen LogP contribution in [0.5, 0.6) is 0 Å². The lowest BCUT2D eigenvalue weighted by Crippen LogP contribution is -2.06. The highest BCUT2D eigenvalue weighted by molar-refractivity contribution is 7.18. The Bertz CT molecular complexity index is 817. The van der Waals surface area contributed by atoms with Crippen molar-refractivity contribution >= 4 is 33.3 Å². The van der Waals surface area contributed by atoms with Gasteiger partial charge in [-0.2, -0.15) is 10.1 Å². The van der Waals surface area contributed by atoms with Crippen molar-refractivity contribution in [2.75, 3.05) is 11.1 Å². The minimum atomic E-state index is 0.298. The van der Waals surface area contributed by atoms with Gasteiger partial charge in [0.1, 0.15) is 10.6 Å². The number of nitrogen functional groups attached to an aromatic ring is 1. The maximum Gasteiger partial charge on any atom is 0.223 e. The van der Waals surface area contributed by atoms with Crippen LogP contribution in [0.2, 0.25) is 0 Å². The Labute approximate surface area is 127 Å². The first-order valence-electron chi connectivity index (χ1n) is 6.72. The second-order valence-electron chi connectivity index (χ2n) is 5.13. The lowest BCUT2D eigenvalue weighted by Gasteiger charge is -2.08. The minimum Gasteiger partial charge on any atom is -0.368 e. The van der Waals surface area contributed by atoms with E-state index in [2.05, 4.69) is 40.3 Å². The van der Waals surface area contributed by atoms with Gasteiger partial charge in [-0.05, 0) is 26.8 Å². The molecule has 0 atom stereocenters. The molecule has 3 N–H and O–H groups in total. The van der Waals surface area contributed by atoms with Crippen molar-refractivity contribution in [3.63, 3.8) is 0 Å². The standard InChI is InChI=1S/C14H18N6S/c1-7-5-10-12(17-14(15)18-13(10)21-7)16-6-11-8(2)19-20(4)9(11)3/h5H,6H2,1-4H3,(H3,15,16,17,18). The fourth-order valence-corrected chi connectivity index (χ4v) is 3.33. The molecule has 0 aliphatic heterocycles. The molecule has 0 saturated heterocycles. The lowest BCUT2D eigenvalue weighted by atomic mass is 10.2. The number of nitrogens with one attached hydrogen (secondary N) is 1. The van der Waals surface area contributed by atoms with Crippen molar-refractivity contribution in [1.29, 1.82) is 0 Å². The molecule has 0 bridgehead atoms. The summed E-state index contributed by atoms with van der Waals surface area (Å²) in [6.45, 7) is 6.81. The zero-order chi connectivity index (χ0) is 15.1. The first kappa shape index (κ1) is 13.8. The Morgan fingerprint density at radius 2 is 2.05 bits per heavy atom. The maximum absolute atomic E-state index is 5.79. The van der Waals surface area contributed by atoms with E-state index in [-0.39, 0.29) is 0 Å². The van der Waals surface area contributed by atoms with Gasteiger partial charge in [-0.15, -0.1) is 11.3 Å². The molecule has 3 rings (SSSR count). The largest absolute Gasteiger partial charge is 0.368 e. The van der Waals surface area contributed by atoms with Crippen molar-refractivity contribution in [2.24, 2.45) is 7.05 Å². The zero-order valence-corrected chi connectivity index (χ0v) is 13.4. The van der Waals surface area contributed by atoms with Crippen molar-refractivity contribution in [3.8, 4) is 0 Å². The van der Waals surface area contributed by atoms with Crippen LogP contribution in [-0.2, 0) is 13.6 Å². The Balaban J connectivity index is 1.95. The molecule has 3 aromatic rings. The fourth-order valence-electron chi connectivity index (χ4n) is 2.44. The van der Waals surface area contributed by atoms with E-state index in [0.717, 1.165) is 27.4 Å². The van der Waals surface area contributed by atoms with Gasteiger partial charge in [0.25, 0.3) is 0 Å². The number of rotatable bonds is 3. The van der Waals surface area contributed by atoms with Gasteiger partial charge in [0.05, 0.1) is 11.1 Å². The van der Waals surface area contributed by atoms with Crippen LogP contribution in [0.1, 0.15) is 21.8 Å². The zero-order valence-electron chi connectivity index (χ0n) is 12.6. The Morgan fingerprint density at radius 1 is 1.29 bits per heavy atom. The first-order valence-corrected chi connectivity index (χ1v) is 7.54. The van der Waals surface area contributed by atoms with Gasteiger partial charge in [0.2, 0.25) is 5.95 Å². The number of hydrogen-bond donors (Lipinski definition) is 2. The fraction of sp³-hybridized carbons (Fsp3) is 0.357. The number of aryl methyl sites for hydroxylation is 3. The molecule has 0 amide bonds. The molecule has 7 heteroatoms. The molecule has 0 saturated carbocycles. The molecule has 3 aromatic heterocycles. The molecule has 0 spiro atoms. The molecular weight excluding hydrogens is 284 g/mol. The quantitative estimate of drug-likeness (QED) is 0.777. The summed E-state index contributed by atoms with van der Waals surface area (Å²) in [5, 5.41) is 8.82. The number of nitrogens with zero attached hydrogens (tertiary/aromatic N) is 4. The van der Waals surface area contributed by atoms with Crippen LogP contribution in [0.25, 0.3) is 10.2 Å². The Hall–Kier alpha value is -2.15. The van der Waals surface area contributed by atoms with Crippen LogP contribution in [0.4, 0.5) is 11.8 Å². The summed E-state index contributed by atoms with van der Waals surface area (Å²) in [5.41, 5.74) is 9.17. The molecule has 0 aliphatic rings. The Kier molecular flexibility index (Phi) is 3.29. The predicted octanol–water partition coefficient (Wildman–Crippen LogP) is 2.54. The monoisotopic (exact) mass is 302 g/mol. The number of anilines is 2. The van der Waals surface area contributed by atoms with Crippen molar-refractivity contribution in [2.45, 2.75) is 27.3 Å². The van der Waals surface area contributed by atoms with E-state index in [4.69, 9.17) is 5.73 Å². The molecule has 3 heterocycles. The van der Waals surface area contributed by atoms with Gasteiger partial charge in [-0.1, -0.05) is 0 Å². The summed E-state index contributed by atoms with van der Waals surface area (Å²) >= 11 is 1.62. The van der Waals surface area contributed by atoms with Crippen LogP contribution in [0.15, 0.2) is 6.07 Å². The molecule has 0 unspecified atom stereocenters. The highest BCUT2D eigenvalue weighted by Gasteiger charge is 2.12. The predicted molar refractivity (Wildman–Crippen MR) is 86.6 cm³/mol. The van der Waals surface area contributed by atoms with Crippen molar-refractivity contribution in [3.05, 3.63) is 27.9 Å². The number of aromatic nitrogens is 4. The van der Waals surface area contributed by atoms with Gasteiger partial charge in [-0.25, -0.2) is 4.98 Å². The third kappa shape index (κ3) is 2.44. The summed E-state index contributed by atoms with van der Waals surface area (Å²) in [7, 11) is 1.95. The second-order valence-corrected chi connectivity index (χ2v) is 6.37. The topological polar surface area (TPSA) is 81.7 Å². The molecule has 21 heavy (non-hydrogen) atoms. The van der Waals surface area contributed by atoms with Crippen molar-refractivity contribution < 1.29 is 0 Å². The molecule has 0 aliphatic carbocycles. The smallest absolute Gasteiger partial charge is 0.223 e. The van der Waals surface area contributed by atoms with Gasteiger partial charge in [-0.3, -0.25) is 4.68 Å². The van der Waals surface area contributed by atoms with E-state index >= 15 is 0 Å². The summed E-state index contributed by atoms with van der Waals surface area (Å²) in [4.78, 5) is 10.7. The molecule has 0 radical (unpaired) electrons. The van der Waals surface area contributed by atoms with Crippen LogP contribution in [0, 0.1) is 20.8 Å². The van der Waals surface area contributed by atoms with Crippen LogP contribution in [-0.4, -0.2) is 19.7 Å². The highest BCUT2D eigenvalue weighted by atomic mass is 32.1. The van der Waals surface area contributed by atoms with Gasteiger partial charge >= 0.3 is 0 Å². The average molecular weight is 302 g/mol. The van der Waals surface area contributed by atoms with Crippen LogP contribution >= 0.6 is 11.3 Å². The summed E-state index contributed by atoms with van der Waals surface area (Å²) in [6.07, 6.45) is 0. The van der Waals surface area contributed by atoms with E-state index in [9.17, 15) is 0 Å². The summed E-state index contributed by atoms with van der Waals surface area (Å²) in [6, 6.07) is 2.09. The Morgan fingerprint density at radius 3 is 2.71 bits per heavy atom. The molecule has 0 fully saturated rings. The number of fused-ring (bicyclic) bond motifs is 1. The third-order valence-electron chi connectivity index (χ3n) is 3.62. The van der Waals surface area contributed by atoms with E-state index in [1.54, 1.807) is 11.3 Å². The number of nitrogens with two attached hydrogens (primary N) is 1. The SMILES string of the molecule is Cc1cc2c(NCc3c(C)nn(C)c3C)nc(N)nc2s1. The molecule has 0 aromatic carbocycles. The van der Waals surface area contributed by atoms with Gasteiger partial charge in [0, 0.05) is 29.7 Å². The second kappa shape index (κ2) is 5.00. The molecular formula is C14H18N6S. The number of hydrogen-bond acceptors (Lipinski definition) is 6. The maximum atomic E-state index is 5.79. The van der Waals surface area contributed by atoms with Crippen LogP contribution < -0.4 is 11.1 Å².